The van der Waals surface area contributed by atoms with Crippen molar-refractivity contribution in [3.8, 4) is 0 Å². The van der Waals surface area contributed by atoms with Gasteiger partial charge in [0, 0.05) is 30.3 Å². The van der Waals surface area contributed by atoms with Gasteiger partial charge in [0.15, 0.2) is 0 Å². The molecule has 1 unspecified atom stereocenters. The van der Waals surface area contributed by atoms with Gasteiger partial charge < -0.3 is 11.1 Å². The first-order valence-corrected chi connectivity index (χ1v) is 6.94. The second kappa shape index (κ2) is 6.09. The van der Waals surface area contributed by atoms with Crippen LogP contribution >= 0.6 is 0 Å². The largest absolute Gasteiger partial charge is 0.378 e. The number of benzene rings is 1. The minimum absolute atomic E-state index is 0.0544. The molecule has 2 rings (SSSR count). The van der Waals surface area contributed by atoms with Gasteiger partial charge in [-0.2, -0.15) is 0 Å². The lowest BCUT2D eigenvalue weighted by Gasteiger charge is -2.25. The molecule has 0 radical (unpaired) electrons. The van der Waals surface area contributed by atoms with Gasteiger partial charge in [-0.25, -0.2) is 0 Å². The second-order valence-electron chi connectivity index (χ2n) is 5.48. The van der Waals surface area contributed by atoms with E-state index in [9.17, 15) is 14.9 Å². The summed E-state index contributed by atoms with van der Waals surface area (Å²) in [6, 6.07) is 4.97. The van der Waals surface area contributed by atoms with Crippen LogP contribution in [0.2, 0.25) is 0 Å². The molecule has 0 spiro atoms. The molecule has 1 atom stereocenters. The number of nitro benzene ring substituents is 1. The minimum atomic E-state index is -0.601. The van der Waals surface area contributed by atoms with Crippen molar-refractivity contribution in [2.75, 3.05) is 18.9 Å². The summed E-state index contributed by atoms with van der Waals surface area (Å²) in [5, 5.41) is 14.1. The van der Waals surface area contributed by atoms with E-state index < -0.39 is 10.8 Å². The smallest absolute Gasteiger partial charge is 0.292 e. The van der Waals surface area contributed by atoms with E-state index in [-0.39, 0.29) is 17.3 Å². The molecule has 1 aromatic rings. The molecule has 1 aromatic carbocycles. The first-order valence-electron chi connectivity index (χ1n) is 6.94. The van der Waals surface area contributed by atoms with Crippen LogP contribution in [0.25, 0.3) is 0 Å². The van der Waals surface area contributed by atoms with E-state index in [1.165, 1.54) is 31.0 Å². The van der Waals surface area contributed by atoms with Gasteiger partial charge in [-0.3, -0.25) is 19.8 Å². The van der Waals surface area contributed by atoms with Gasteiger partial charge in [-0.15, -0.1) is 0 Å². The van der Waals surface area contributed by atoms with Crippen LogP contribution in [-0.2, 0) is 0 Å². The highest BCUT2D eigenvalue weighted by molar-refractivity contribution is 5.94. The topological polar surface area (TPSA) is 101 Å². The highest BCUT2D eigenvalue weighted by Crippen LogP contribution is 2.28. The maximum absolute atomic E-state index is 11.2. The number of anilines is 1. The molecular weight excluding hydrogens is 272 g/mol. The Hall–Kier alpha value is -2.15. The lowest BCUT2D eigenvalue weighted by atomic mass is 10.1. The monoisotopic (exact) mass is 292 g/mol. The van der Waals surface area contributed by atoms with Gasteiger partial charge in [0.05, 0.1) is 4.92 Å². The number of nitrogens with zero attached hydrogens (tertiary/aromatic N) is 2. The summed E-state index contributed by atoms with van der Waals surface area (Å²) < 4.78 is 0. The molecule has 0 bridgehead atoms. The van der Waals surface area contributed by atoms with Crippen LogP contribution in [0.3, 0.4) is 0 Å². The zero-order valence-electron chi connectivity index (χ0n) is 12.2. The predicted octanol–water partition coefficient (Wildman–Crippen LogP) is 1.59. The Morgan fingerprint density at radius 3 is 2.76 bits per heavy atom. The second-order valence-corrected chi connectivity index (χ2v) is 5.48. The fourth-order valence-electron chi connectivity index (χ4n) is 2.23. The molecule has 1 amide bonds. The number of nitrogens with one attached hydrogen (secondary N) is 1. The number of carbonyl (C=O) groups is 1. The van der Waals surface area contributed by atoms with Crippen molar-refractivity contribution in [2.24, 2.45) is 5.73 Å². The molecule has 21 heavy (non-hydrogen) atoms. The number of rotatable bonds is 7. The fraction of sp³-hybridized carbons (Fsp3) is 0.500. The van der Waals surface area contributed by atoms with Crippen molar-refractivity contribution in [3.63, 3.8) is 0 Å². The van der Waals surface area contributed by atoms with Gasteiger partial charge in [0.25, 0.3) is 5.69 Å². The van der Waals surface area contributed by atoms with E-state index in [1.54, 1.807) is 0 Å². The maximum atomic E-state index is 11.2. The Morgan fingerprint density at radius 2 is 2.24 bits per heavy atom. The van der Waals surface area contributed by atoms with Crippen molar-refractivity contribution in [1.82, 2.24) is 4.90 Å². The van der Waals surface area contributed by atoms with E-state index in [2.05, 4.69) is 24.2 Å². The molecule has 1 aliphatic carbocycles. The Morgan fingerprint density at radius 1 is 1.57 bits per heavy atom. The average molecular weight is 292 g/mol. The number of hydrogen-bond donors (Lipinski definition) is 2. The summed E-state index contributed by atoms with van der Waals surface area (Å²) in [4.78, 5) is 24.0. The molecule has 0 aromatic heterocycles. The average Bonchev–Trinajstić information content (AvgIpc) is 3.27. The third-order valence-corrected chi connectivity index (χ3v) is 3.88. The zero-order valence-corrected chi connectivity index (χ0v) is 12.2. The van der Waals surface area contributed by atoms with Crippen molar-refractivity contribution in [3.05, 3.63) is 33.9 Å². The van der Waals surface area contributed by atoms with Gasteiger partial charge in [0.1, 0.15) is 5.69 Å². The molecule has 114 valence electrons. The summed E-state index contributed by atoms with van der Waals surface area (Å²) in [5.74, 6) is -0.601. The van der Waals surface area contributed by atoms with E-state index in [0.29, 0.717) is 18.3 Å². The zero-order chi connectivity index (χ0) is 15.6. The summed E-state index contributed by atoms with van der Waals surface area (Å²) in [5.41, 5.74) is 5.74. The summed E-state index contributed by atoms with van der Waals surface area (Å²) in [6.45, 7) is 2.63. The normalized spacial score (nSPS) is 15.8. The molecule has 0 aliphatic heterocycles. The molecule has 0 saturated heterocycles. The van der Waals surface area contributed by atoms with Crippen molar-refractivity contribution in [2.45, 2.75) is 31.8 Å². The van der Waals surface area contributed by atoms with Gasteiger partial charge in [0.2, 0.25) is 5.91 Å². The minimum Gasteiger partial charge on any atom is -0.378 e. The first kappa shape index (κ1) is 15.2. The maximum Gasteiger partial charge on any atom is 0.292 e. The lowest BCUT2D eigenvalue weighted by molar-refractivity contribution is -0.384. The number of primary amides is 1. The molecule has 7 heteroatoms. The van der Waals surface area contributed by atoms with Gasteiger partial charge in [-0.1, -0.05) is 0 Å². The van der Waals surface area contributed by atoms with Crippen molar-refractivity contribution < 1.29 is 9.72 Å². The highest BCUT2D eigenvalue weighted by Gasteiger charge is 2.29. The van der Waals surface area contributed by atoms with Crippen molar-refractivity contribution >= 4 is 17.3 Å². The quantitative estimate of drug-likeness (QED) is 0.587. The van der Waals surface area contributed by atoms with Crippen LogP contribution in [0, 0.1) is 10.1 Å². The van der Waals surface area contributed by atoms with Crippen LogP contribution < -0.4 is 11.1 Å². The van der Waals surface area contributed by atoms with Crippen molar-refractivity contribution in [1.29, 1.82) is 0 Å². The van der Waals surface area contributed by atoms with E-state index >= 15 is 0 Å². The Kier molecular flexibility index (Phi) is 4.42. The first-order chi connectivity index (χ1) is 9.90. The number of nitro groups is 1. The Bertz CT molecular complexity index is 557. The van der Waals surface area contributed by atoms with Gasteiger partial charge in [-0.05, 0) is 38.9 Å². The number of likely N-dealkylation sites (N-methyl/N-ethyl adjacent to an activating group) is 1. The summed E-state index contributed by atoms with van der Waals surface area (Å²) >= 11 is 0. The van der Waals surface area contributed by atoms with Crippen LogP contribution in [0.15, 0.2) is 18.2 Å². The number of hydrogen-bond acceptors (Lipinski definition) is 5. The fourth-order valence-corrected chi connectivity index (χ4v) is 2.23. The third-order valence-electron chi connectivity index (χ3n) is 3.88. The SMILES string of the molecule is CC(CNc1cc(C(N)=O)ccc1[N+](=O)[O-])N(C)C1CC1. The van der Waals surface area contributed by atoms with E-state index in [1.807, 2.05) is 0 Å². The summed E-state index contributed by atoms with van der Waals surface area (Å²) in [6.07, 6.45) is 2.41. The van der Waals surface area contributed by atoms with Crippen LogP contribution in [0.4, 0.5) is 11.4 Å². The standard InChI is InChI=1S/C14H20N4O3/c1-9(17(2)11-4-5-11)8-16-12-7-10(14(15)19)3-6-13(12)18(20)21/h3,6-7,9,11,16H,4-5,8H2,1-2H3,(H2,15,19). The molecule has 7 nitrogen and oxygen atoms in total. The van der Waals surface area contributed by atoms with Crippen LogP contribution in [-0.4, -0.2) is 41.4 Å². The predicted molar refractivity (Wildman–Crippen MR) is 80.4 cm³/mol. The molecule has 0 heterocycles. The molecule has 1 aliphatic rings. The Balaban J connectivity index is 2.10. The highest BCUT2D eigenvalue weighted by atomic mass is 16.6. The Labute approximate surface area is 123 Å². The van der Waals surface area contributed by atoms with Gasteiger partial charge >= 0.3 is 0 Å². The molecular formula is C14H20N4O3. The summed E-state index contributed by atoms with van der Waals surface area (Å²) in [7, 11) is 2.05. The third kappa shape index (κ3) is 3.69. The van der Waals surface area contributed by atoms with Crippen LogP contribution in [0.1, 0.15) is 30.1 Å². The molecule has 1 saturated carbocycles. The van der Waals surface area contributed by atoms with Crippen LogP contribution in [0.5, 0.6) is 0 Å². The number of carbonyl (C=O) groups excluding carboxylic acids is 1. The number of amides is 1. The lowest BCUT2D eigenvalue weighted by Crippen LogP contribution is -2.36. The van der Waals surface area contributed by atoms with E-state index in [0.717, 1.165) is 0 Å². The van der Waals surface area contributed by atoms with E-state index in [4.69, 9.17) is 5.73 Å². The number of nitrogens with two attached hydrogens (primary N) is 1. The molecule has 3 N–H and O–H groups in total. The molecule has 1 fully saturated rings.